The molecule has 0 saturated carbocycles. The van der Waals surface area contributed by atoms with Crippen molar-refractivity contribution >= 4 is 7.60 Å². The summed E-state index contributed by atoms with van der Waals surface area (Å²) in [6.45, 7) is 5.08. The highest BCUT2D eigenvalue weighted by atomic mass is 31.2. The Morgan fingerprint density at radius 3 is 2.25 bits per heavy atom. The van der Waals surface area contributed by atoms with E-state index in [1.807, 2.05) is 13.8 Å². The van der Waals surface area contributed by atoms with Gasteiger partial charge in [-0.05, 0) is 26.7 Å². The van der Waals surface area contributed by atoms with Crippen LogP contribution in [0, 0.1) is 0 Å². The van der Waals surface area contributed by atoms with Crippen LogP contribution in [0.2, 0.25) is 0 Å². The topological polar surface area (TPSA) is 81.7 Å². The number of fused-ring (bicyclic) bond motifs is 1. The fraction of sp³-hybridized carbons (Fsp3) is 0.684. The first-order chi connectivity index (χ1) is 13.6. The molecule has 1 aliphatic rings. The summed E-state index contributed by atoms with van der Waals surface area (Å²) in [6, 6.07) is 1.74. The van der Waals surface area contributed by atoms with Crippen LogP contribution in [0.4, 0.5) is 0 Å². The van der Waals surface area contributed by atoms with E-state index in [4.69, 9.17) is 32.7 Å². The largest absolute Gasteiger partial charge is 0.493 e. The second-order valence-electron chi connectivity index (χ2n) is 6.11. The first kappa shape index (κ1) is 22.7. The molecule has 0 N–H and O–H groups in total. The Morgan fingerprint density at radius 1 is 0.929 bits per heavy atom. The predicted molar refractivity (Wildman–Crippen MR) is 105 cm³/mol. The van der Waals surface area contributed by atoms with E-state index in [0.717, 1.165) is 25.7 Å². The highest BCUT2D eigenvalue weighted by molar-refractivity contribution is 7.53. The van der Waals surface area contributed by atoms with E-state index in [1.165, 1.54) is 0 Å². The molecule has 0 radical (unpaired) electrons. The highest BCUT2D eigenvalue weighted by Crippen LogP contribution is 2.52. The molecular formula is C19H31O8P. The Hall–Kier alpha value is -1.63. The third-order valence-electron chi connectivity index (χ3n) is 4.19. The van der Waals surface area contributed by atoms with Gasteiger partial charge in [0.05, 0.1) is 40.2 Å². The smallest absolute Gasteiger partial charge is 0.330 e. The minimum absolute atomic E-state index is 0.124. The van der Waals surface area contributed by atoms with Crippen molar-refractivity contribution in [2.24, 2.45) is 0 Å². The summed E-state index contributed by atoms with van der Waals surface area (Å²) in [5.41, 5.74) is 0. The van der Waals surface area contributed by atoms with Crippen molar-refractivity contribution in [1.29, 1.82) is 0 Å². The summed E-state index contributed by atoms with van der Waals surface area (Å²) in [6.07, 6.45) is 3.96. The Balaban J connectivity index is 1.77. The van der Waals surface area contributed by atoms with Crippen LogP contribution < -0.4 is 23.7 Å². The lowest BCUT2D eigenvalue weighted by molar-refractivity contribution is 0.168. The van der Waals surface area contributed by atoms with Crippen molar-refractivity contribution in [2.75, 3.05) is 47.0 Å². The molecule has 1 heterocycles. The molecule has 0 spiro atoms. The normalized spacial score (nSPS) is 12.9. The van der Waals surface area contributed by atoms with Gasteiger partial charge in [0.15, 0.2) is 11.5 Å². The molecule has 0 amide bonds. The van der Waals surface area contributed by atoms with Crippen LogP contribution in [-0.4, -0.2) is 47.0 Å². The number of hydrogen-bond acceptors (Lipinski definition) is 8. The third-order valence-corrected chi connectivity index (χ3v) is 6.36. The fourth-order valence-electron chi connectivity index (χ4n) is 2.95. The van der Waals surface area contributed by atoms with Gasteiger partial charge in [-0.2, -0.15) is 0 Å². The second-order valence-corrected chi connectivity index (χ2v) is 8.29. The van der Waals surface area contributed by atoms with Gasteiger partial charge in [-0.1, -0.05) is 12.8 Å². The maximum absolute atomic E-state index is 12.4. The summed E-state index contributed by atoms with van der Waals surface area (Å²) in [7, 11) is 0.189. The van der Waals surface area contributed by atoms with Gasteiger partial charge in [0.2, 0.25) is 24.0 Å². The minimum atomic E-state index is -2.94. The number of unbranched alkanes of at least 4 members (excludes halogenated alkanes) is 3. The van der Waals surface area contributed by atoms with Crippen LogP contribution in [0.3, 0.4) is 0 Å². The molecule has 0 aromatic heterocycles. The van der Waals surface area contributed by atoms with Gasteiger partial charge in [-0.3, -0.25) is 4.57 Å². The first-order valence-electron chi connectivity index (χ1n) is 9.64. The Kier molecular flexibility index (Phi) is 9.22. The molecule has 0 saturated heterocycles. The van der Waals surface area contributed by atoms with Gasteiger partial charge in [0.1, 0.15) is 0 Å². The van der Waals surface area contributed by atoms with Gasteiger partial charge >= 0.3 is 7.60 Å². The molecule has 0 unspecified atom stereocenters. The van der Waals surface area contributed by atoms with Crippen molar-refractivity contribution in [3.05, 3.63) is 6.07 Å². The van der Waals surface area contributed by atoms with Crippen LogP contribution >= 0.6 is 7.60 Å². The standard InChI is InChI=1S/C19H31O8P/c1-5-26-28(20,27-6-2)12-10-8-7-9-11-23-16-13-15(21-3)18-19(17(16)22-4)25-14-24-18/h13H,5-12,14H2,1-4H3. The summed E-state index contributed by atoms with van der Waals surface area (Å²) >= 11 is 0. The highest BCUT2D eigenvalue weighted by Gasteiger charge is 2.28. The number of methoxy groups -OCH3 is 2. The van der Waals surface area contributed by atoms with Crippen molar-refractivity contribution < 1.29 is 37.3 Å². The van der Waals surface area contributed by atoms with Crippen molar-refractivity contribution in [1.82, 2.24) is 0 Å². The quantitative estimate of drug-likeness (QED) is 0.319. The predicted octanol–water partition coefficient (Wildman–Crippen LogP) is 4.64. The van der Waals surface area contributed by atoms with E-state index in [2.05, 4.69) is 0 Å². The average molecular weight is 418 g/mol. The molecule has 160 valence electrons. The van der Waals surface area contributed by atoms with Crippen molar-refractivity contribution in [3.8, 4) is 28.7 Å². The molecule has 2 rings (SSSR count). The van der Waals surface area contributed by atoms with Crippen LogP contribution in [0.15, 0.2) is 6.07 Å². The molecule has 8 nitrogen and oxygen atoms in total. The number of benzene rings is 1. The molecule has 0 aliphatic carbocycles. The zero-order valence-corrected chi connectivity index (χ0v) is 18.0. The number of hydrogen-bond donors (Lipinski definition) is 0. The maximum Gasteiger partial charge on any atom is 0.330 e. The van der Waals surface area contributed by atoms with Crippen molar-refractivity contribution in [3.63, 3.8) is 0 Å². The molecule has 9 heteroatoms. The Morgan fingerprint density at radius 2 is 1.61 bits per heavy atom. The summed E-state index contributed by atoms with van der Waals surface area (Å²) in [5, 5.41) is 0. The molecule has 1 aromatic carbocycles. The SMILES string of the molecule is CCOP(=O)(CCCCCCOc1cc(OC)c2c(c1OC)OCO2)OCC. The first-order valence-corrected chi connectivity index (χ1v) is 11.4. The van der Waals surface area contributed by atoms with Crippen LogP contribution in [-0.2, 0) is 13.6 Å². The van der Waals surface area contributed by atoms with Crippen LogP contribution in [0.25, 0.3) is 0 Å². The summed E-state index contributed by atoms with van der Waals surface area (Å²) in [5.74, 6) is 2.63. The minimum Gasteiger partial charge on any atom is -0.493 e. The van der Waals surface area contributed by atoms with E-state index in [0.29, 0.717) is 54.7 Å². The van der Waals surface area contributed by atoms with E-state index >= 15 is 0 Å². The van der Waals surface area contributed by atoms with Crippen molar-refractivity contribution in [2.45, 2.75) is 39.5 Å². The number of ether oxygens (including phenoxy) is 5. The molecule has 1 aromatic rings. The lowest BCUT2D eigenvalue weighted by Crippen LogP contribution is -2.02. The van der Waals surface area contributed by atoms with E-state index in [9.17, 15) is 4.57 Å². The van der Waals surface area contributed by atoms with Gasteiger partial charge < -0.3 is 32.7 Å². The monoisotopic (exact) mass is 418 g/mol. The Bertz CT molecular complexity index is 654. The van der Waals surface area contributed by atoms with Crippen LogP contribution in [0.5, 0.6) is 28.7 Å². The van der Waals surface area contributed by atoms with E-state index < -0.39 is 7.60 Å². The zero-order valence-electron chi connectivity index (χ0n) is 17.2. The van der Waals surface area contributed by atoms with Gasteiger partial charge in [0, 0.05) is 6.07 Å². The van der Waals surface area contributed by atoms with Gasteiger partial charge in [-0.15, -0.1) is 0 Å². The second kappa shape index (κ2) is 11.4. The molecule has 0 bridgehead atoms. The van der Waals surface area contributed by atoms with Crippen LogP contribution in [0.1, 0.15) is 39.5 Å². The molecule has 28 heavy (non-hydrogen) atoms. The lowest BCUT2D eigenvalue weighted by atomic mass is 10.2. The molecular weight excluding hydrogens is 387 g/mol. The fourth-order valence-corrected chi connectivity index (χ4v) is 4.68. The van der Waals surface area contributed by atoms with E-state index in [-0.39, 0.29) is 6.79 Å². The molecule has 0 atom stereocenters. The summed E-state index contributed by atoms with van der Waals surface area (Å²) in [4.78, 5) is 0. The lowest BCUT2D eigenvalue weighted by Gasteiger charge is -2.16. The zero-order chi connectivity index (χ0) is 20.4. The van der Waals surface area contributed by atoms with Gasteiger partial charge in [0.25, 0.3) is 0 Å². The Labute approximate surface area is 166 Å². The molecule has 0 fully saturated rings. The maximum atomic E-state index is 12.4. The van der Waals surface area contributed by atoms with E-state index in [1.54, 1.807) is 20.3 Å². The van der Waals surface area contributed by atoms with Gasteiger partial charge in [-0.25, -0.2) is 0 Å². The third kappa shape index (κ3) is 5.93. The number of rotatable bonds is 14. The summed E-state index contributed by atoms with van der Waals surface area (Å²) < 4.78 is 50.5. The molecule has 1 aliphatic heterocycles. The average Bonchev–Trinajstić information content (AvgIpc) is 3.16.